The Kier molecular flexibility index (Phi) is 4.04. The lowest BCUT2D eigenvalue weighted by molar-refractivity contribution is -0.275. The largest absolute Gasteiger partial charge is 0.573 e. The van der Waals surface area contributed by atoms with Crippen LogP contribution in [0.2, 0.25) is 0 Å². The molecular formula is C9H6F5NO3. The molecule has 0 aliphatic rings. The summed E-state index contributed by atoms with van der Waals surface area (Å²) >= 11 is 0. The van der Waals surface area contributed by atoms with E-state index in [-0.39, 0.29) is 6.29 Å². The van der Waals surface area contributed by atoms with Gasteiger partial charge in [-0.15, -0.1) is 13.2 Å². The van der Waals surface area contributed by atoms with Gasteiger partial charge in [0, 0.05) is 0 Å². The van der Waals surface area contributed by atoms with E-state index in [1.54, 1.807) is 0 Å². The zero-order valence-electron chi connectivity index (χ0n) is 8.79. The summed E-state index contributed by atoms with van der Waals surface area (Å²) in [6, 6.07) is 0.494. The van der Waals surface area contributed by atoms with Crippen molar-refractivity contribution >= 4 is 6.29 Å². The highest BCUT2D eigenvalue weighted by Crippen LogP contribution is 2.34. The van der Waals surface area contributed by atoms with Crippen molar-refractivity contribution in [2.24, 2.45) is 0 Å². The van der Waals surface area contributed by atoms with Crippen LogP contribution in [-0.2, 0) is 0 Å². The van der Waals surface area contributed by atoms with Gasteiger partial charge in [-0.1, -0.05) is 0 Å². The molecule has 1 aromatic rings. The number of carbonyl (C=O) groups excluding carboxylic acids is 1. The first-order valence-corrected chi connectivity index (χ1v) is 4.36. The first-order chi connectivity index (χ1) is 8.28. The fraction of sp³-hybridized carbons (Fsp3) is 0.333. The second kappa shape index (κ2) is 5.15. The van der Waals surface area contributed by atoms with E-state index < -0.39 is 35.7 Å². The summed E-state index contributed by atoms with van der Waals surface area (Å²) in [6.45, 7) is 0. The van der Waals surface area contributed by atoms with Crippen LogP contribution in [0.1, 0.15) is 22.5 Å². The number of nitrogens with zero attached hydrogens (tertiary/aromatic N) is 1. The summed E-state index contributed by atoms with van der Waals surface area (Å²) in [5.41, 5.74) is -1.68. The predicted molar refractivity (Wildman–Crippen MR) is 47.8 cm³/mol. The average Bonchev–Trinajstić information content (AvgIpc) is 2.25. The molecular weight excluding hydrogens is 265 g/mol. The highest BCUT2D eigenvalue weighted by molar-refractivity contribution is 5.79. The SMILES string of the molecule is COc1nc(C(F)F)c(OC(F)(F)F)cc1C=O. The number of rotatable bonds is 4. The molecule has 0 spiro atoms. The van der Waals surface area contributed by atoms with Crippen LogP contribution in [0, 0.1) is 0 Å². The molecule has 0 saturated heterocycles. The molecule has 0 bridgehead atoms. The van der Waals surface area contributed by atoms with Crippen molar-refractivity contribution in [3.05, 3.63) is 17.3 Å². The molecule has 0 aliphatic heterocycles. The Morgan fingerprint density at radius 3 is 2.39 bits per heavy atom. The van der Waals surface area contributed by atoms with Crippen molar-refractivity contribution in [1.29, 1.82) is 0 Å². The Morgan fingerprint density at radius 1 is 1.39 bits per heavy atom. The zero-order valence-corrected chi connectivity index (χ0v) is 8.79. The first kappa shape index (κ1) is 14.1. The molecule has 0 radical (unpaired) electrons. The van der Waals surface area contributed by atoms with E-state index in [1.807, 2.05) is 0 Å². The van der Waals surface area contributed by atoms with Crippen LogP contribution >= 0.6 is 0 Å². The summed E-state index contributed by atoms with van der Waals surface area (Å²) in [4.78, 5) is 13.7. The Morgan fingerprint density at radius 2 is 2.00 bits per heavy atom. The fourth-order valence-corrected chi connectivity index (χ4v) is 1.12. The van der Waals surface area contributed by atoms with Crippen LogP contribution in [0.25, 0.3) is 0 Å². The van der Waals surface area contributed by atoms with Gasteiger partial charge < -0.3 is 9.47 Å². The van der Waals surface area contributed by atoms with Gasteiger partial charge in [0.2, 0.25) is 5.88 Å². The van der Waals surface area contributed by atoms with Crippen molar-refractivity contribution in [3.63, 3.8) is 0 Å². The Hall–Kier alpha value is -1.93. The smallest absolute Gasteiger partial charge is 0.480 e. The van der Waals surface area contributed by atoms with Gasteiger partial charge in [0.15, 0.2) is 17.7 Å². The molecule has 1 heterocycles. The normalized spacial score (nSPS) is 11.5. The van der Waals surface area contributed by atoms with E-state index >= 15 is 0 Å². The van der Waals surface area contributed by atoms with Crippen molar-refractivity contribution < 1.29 is 36.2 Å². The minimum atomic E-state index is -5.17. The van der Waals surface area contributed by atoms with Gasteiger partial charge in [0.1, 0.15) is 0 Å². The fourth-order valence-electron chi connectivity index (χ4n) is 1.12. The lowest BCUT2D eigenvalue weighted by Crippen LogP contribution is -2.19. The third-order valence-electron chi connectivity index (χ3n) is 1.76. The number of halogens is 5. The number of hydrogen-bond donors (Lipinski definition) is 0. The predicted octanol–water partition coefficient (Wildman–Crippen LogP) is 2.74. The monoisotopic (exact) mass is 271 g/mol. The van der Waals surface area contributed by atoms with Gasteiger partial charge in [-0.25, -0.2) is 13.8 Å². The van der Waals surface area contributed by atoms with Crippen LogP contribution in [0.4, 0.5) is 22.0 Å². The van der Waals surface area contributed by atoms with Crippen molar-refractivity contribution in [2.75, 3.05) is 7.11 Å². The minimum Gasteiger partial charge on any atom is -0.480 e. The molecule has 100 valence electrons. The summed E-state index contributed by atoms with van der Waals surface area (Å²) in [6.07, 6.45) is -8.36. The first-order valence-electron chi connectivity index (χ1n) is 4.36. The number of carbonyl (C=O) groups is 1. The van der Waals surface area contributed by atoms with Gasteiger partial charge in [0.05, 0.1) is 12.7 Å². The molecule has 0 N–H and O–H groups in total. The molecule has 0 atom stereocenters. The lowest BCUT2D eigenvalue weighted by Gasteiger charge is -2.14. The zero-order chi connectivity index (χ0) is 13.9. The van der Waals surface area contributed by atoms with Gasteiger partial charge in [-0.2, -0.15) is 0 Å². The molecule has 0 amide bonds. The average molecular weight is 271 g/mol. The highest BCUT2D eigenvalue weighted by Gasteiger charge is 2.34. The molecule has 4 nitrogen and oxygen atoms in total. The van der Waals surface area contributed by atoms with Crippen molar-refractivity contribution in [1.82, 2.24) is 4.98 Å². The number of pyridine rings is 1. The molecule has 9 heteroatoms. The van der Waals surface area contributed by atoms with Crippen molar-refractivity contribution in [3.8, 4) is 11.6 Å². The van der Waals surface area contributed by atoms with Gasteiger partial charge in [-0.3, -0.25) is 4.79 Å². The maximum Gasteiger partial charge on any atom is 0.573 e. The molecule has 0 fully saturated rings. The number of aromatic nitrogens is 1. The lowest BCUT2D eigenvalue weighted by atomic mass is 10.2. The molecule has 1 rings (SSSR count). The molecule has 18 heavy (non-hydrogen) atoms. The van der Waals surface area contributed by atoms with E-state index in [2.05, 4.69) is 14.5 Å². The van der Waals surface area contributed by atoms with E-state index in [9.17, 15) is 26.7 Å². The van der Waals surface area contributed by atoms with Gasteiger partial charge in [-0.05, 0) is 6.07 Å². The topological polar surface area (TPSA) is 48.4 Å². The van der Waals surface area contributed by atoms with E-state index in [0.717, 1.165) is 7.11 Å². The Bertz CT molecular complexity index is 447. The summed E-state index contributed by atoms with van der Waals surface area (Å²) in [5.74, 6) is -1.74. The van der Waals surface area contributed by atoms with Crippen LogP contribution < -0.4 is 9.47 Å². The third kappa shape index (κ3) is 3.28. The summed E-state index contributed by atoms with van der Waals surface area (Å²) in [7, 11) is 1.04. The third-order valence-corrected chi connectivity index (χ3v) is 1.76. The maximum absolute atomic E-state index is 12.5. The number of ether oxygens (including phenoxy) is 2. The Labute approximate surface area is 97.3 Å². The summed E-state index contributed by atoms with van der Waals surface area (Å²) in [5, 5.41) is 0. The molecule has 0 aliphatic carbocycles. The van der Waals surface area contributed by atoms with Gasteiger partial charge >= 0.3 is 6.36 Å². The van der Waals surface area contributed by atoms with Crippen LogP contribution in [0.5, 0.6) is 11.6 Å². The Balaban J connectivity index is 3.33. The number of alkyl halides is 5. The van der Waals surface area contributed by atoms with E-state index in [0.29, 0.717) is 6.07 Å². The minimum absolute atomic E-state index is 0.115. The molecule has 0 unspecified atom stereocenters. The maximum atomic E-state index is 12.5. The molecule has 1 aromatic heterocycles. The van der Waals surface area contributed by atoms with Gasteiger partial charge in [0.25, 0.3) is 6.43 Å². The second-order valence-corrected chi connectivity index (χ2v) is 2.94. The molecule has 0 saturated carbocycles. The van der Waals surface area contributed by atoms with Crippen molar-refractivity contribution in [2.45, 2.75) is 12.8 Å². The molecule has 0 aromatic carbocycles. The van der Waals surface area contributed by atoms with Crippen LogP contribution in [0.3, 0.4) is 0 Å². The number of aldehydes is 1. The van der Waals surface area contributed by atoms with Crippen LogP contribution in [0.15, 0.2) is 6.07 Å². The second-order valence-electron chi connectivity index (χ2n) is 2.94. The van der Waals surface area contributed by atoms with Crippen LogP contribution in [-0.4, -0.2) is 24.7 Å². The van der Waals surface area contributed by atoms with E-state index in [4.69, 9.17) is 0 Å². The standard InChI is InChI=1S/C9H6F5NO3/c1-17-8-4(3-16)2-5(18-9(12,13)14)6(15-8)7(10)11/h2-3,7H,1H3. The highest BCUT2D eigenvalue weighted by atomic mass is 19.4. The number of methoxy groups -OCH3 is 1. The summed E-state index contributed by atoms with van der Waals surface area (Å²) < 4.78 is 68.8. The number of hydrogen-bond acceptors (Lipinski definition) is 4. The van der Waals surface area contributed by atoms with E-state index in [1.165, 1.54) is 0 Å². The quantitative estimate of drug-likeness (QED) is 0.624.